The molecule has 14 heavy (non-hydrogen) atoms. The summed E-state index contributed by atoms with van der Waals surface area (Å²) in [6.45, 7) is 2.92. The lowest BCUT2D eigenvalue weighted by Gasteiger charge is -2.11. The molecule has 0 aliphatic carbocycles. The molecule has 0 radical (unpaired) electrons. The lowest BCUT2D eigenvalue weighted by atomic mass is 10.3. The van der Waals surface area contributed by atoms with Gasteiger partial charge in [-0.2, -0.15) is 4.98 Å². The molecule has 78 valence electrons. The van der Waals surface area contributed by atoms with Crippen LogP contribution in [0.3, 0.4) is 0 Å². The Morgan fingerprint density at radius 2 is 2.43 bits per heavy atom. The van der Waals surface area contributed by atoms with E-state index in [1.807, 2.05) is 0 Å². The van der Waals surface area contributed by atoms with E-state index in [4.69, 9.17) is 16.0 Å². The van der Waals surface area contributed by atoms with E-state index in [1.165, 1.54) is 0 Å². The summed E-state index contributed by atoms with van der Waals surface area (Å²) in [5, 5.41) is 3.83. The minimum atomic E-state index is 0.288. The van der Waals surface area contributed by atoms with E-state index in [-0.39, 0.29) is 6.04 Å². The van der Waals surface area contributed by atoms with E-state index in [0.29, 0.717) is 24.8 Å². The summed E-state index contributed by atoms with van der Waals surface area (Å²) in [6.07, 6.45) is 1.04. The predicted octanol–water partition coefficient (Wildman–Crippen LogP) is -0.939. The second-order valence-electron chi connectivity index (χ2n) is 3.59. The topological polar surface area (TPSA) is 94.2 Å². The van der Waals surface area contributed by atoms with Crippen LogP contribution in [-0.2, 0) is 13.1 Å². The van der Waals surface area contributed by atoms with Gasteiger partial charge in [-0.15, -0.1) is 0 Å². The molecule has 1 unspecified atom stereocenters. The molecule has 6 heteroatoms. The first-order valence-electron chi connectivity index (χ1n) is 4.77. The smallest absolute Gasteiger partial charge is 0.240 e. The highest BCUT2D eigenvalue weighted by atomic mass is 16.5. The third-order valence-corrected chi connectivity index (χ3v) is 2.36. The predicted molar refractivity (Wildman–Crippen MR) is 50.1 cm³/mol. The van der Waals surface area contributed by atoms with E-state index in [2.05, 4.69) is 15.0 Å². The van der Waals surface area contributed by atoms with Crippen LogP contribution in [0.2, 0.25) is 0 Å². The maximum absolute atomic E-state index is 5.78. The zero-order valence-electron chi connectivity index (χ0n) is 8.02. The first-order chi connectivity index (χ1) is 6.78. The summed E-state index contributed by atoms with van der Waals surface area (Å²) in [5.41, 5.74) is 11.1. The molecule has 0 spiro atoms. The Hall–Kier alpha value is -0.980. The number of aromatic nitrogens is 2. The van der Waals surface area contributed by atoms with Gasteiger partial charge in [0.2, 0.25) is 5.89 Å². The number of nitrogens with zero attached hydrogens (tertiary/aromatic N) is 3. The summed E-state index contributed by atoms with van der Waals surface area (Å²) >= 11 is 0. The first-order valence-corrected chi connectivity index (χ1v) is 4.77. The van der Waals surface area contributed by atoms with Gasteiger partial charge in [0, 0.05) is 19.1 Å². The maximum atomic E-state index is 5.78. The Morgan fingerprint density at radius 1 is 1.57 bits per heavy atom. The van der Waals surface area contributed by atoms with Gasteiger partial charge in [-0.25, -0.2) is 0 Å². The fraction of sp³-hybridized carbons (Fsp3) is 0.750. The van der Waals surface area contributed by atoms with Gasteiger partial charge in [-0.1, -0.05) is 5.16 Å². The molecule has 4 N–H and O–H groups in total. The Bertz CT molecular complexity index is 300. The number of hydrogen-bond acceptors (Lipinski definition) is 6. The van der Waals surface area contributed by atoms with Gasteiger partial charge < -0.3 is 16.0 Å². The third-order valence-electron chi connectivity index (χ3n) is 2.36. The minimum Gasteiger partial charge on any atom is -0.338 e. The van der Waals surface area contributed by atoms with Crippen LogP contribution in [0.15, 0.2) is 4.52 Å². The molecule has 1 aromatic heterocycles. The van der Waals surface area contributed by atoms with Crippen LogP contribution < -0.4 is 11.5 Å². The minimum absolute atomic E-state index is 0.288. The van der Waals surface area contributed by atoms with Crippen molar-refractivity contribution in [2.75, 3.05) is 13.1 Å². The van der Waals surface area contributed by atoms with Gasteiger partial charge in [-0.05, 0) is 6.42 Å². The summed E-state index contributed by atoms with van der Waals surface area (Å²) in [6, 6.07) is 0.288. The zero-order chi connectivity index (χ0) is 9.97. The van der Waals surface area contributed by atoms with Crippen molar-refractivity contribution >= 4 is 0 Å². The summed E-state index contributed by atoms with van der Waals surface area (Å²) in [7, 11) is 0. The fourth-order valence-electron chi connectivity index (χ4n) is 1.64. The molecule has 6 nitrogen and oxygen atoms in total. The molecule has 1 atom stereocenters. The van der Waals surface area contributed by atoms with E-state index in [1.54, 1.807) is 0 Å². The lowest BCUT2D eigenvalue weighted by molar-refractivity contribution is 0.306. The SMILES string of the molecule is NCc1nc(CN2CCC(N)C2)no1. The molecule has 0 aromatic carbocycles. The first kappa shape index (κ1) is 9.57. The van der Waals surface area contributed by atoms with Crippen LogP contribution in [0, 0.1) is 0 Å². The van der Waals surface area contributed by atoms with E-state index >= 15 is 0 Å². The lowest BCUT2D eigenvalue weighted by Crippen LogP contribution is -2.26. The Balaban J connectivity index is 1.90. The van der Waals surface area contributed by atoms with Gasteiger partial charge >= 0.3 is 0 Å². The second-order valence-corrected chi connectivity index (χ2v) is 3.59. The van der Waals surface area contributed by atoms with Crippen LogP contribution in [0.25, 0.3) is 0 Å². The van der Waals surface area contributed by atoms with Gasteiger partial charge in [0.25, 0.3) is 0 Å². The van der Waals surface area contributed by atoms with Crippen LogP contribution in [0.1, 0.15) is 18.1 Å². The zero-order valence-corrected chi connectivity index (χ0v) is 8.02. The van der Waals surface area contributed by atoms with Crippen LogP contribution in [0.5, 0.6) is 0 Å². The molecule has 0 amide bonds. The van der Waals surface area contributed by atoms with Crippen molar-refractivity contribution < 1.29 is 4.52 Å². The third kappa shape index (κ3) is 2.09. The van der Waals surface area contributed by atoms with E-state index in [0.717, 1.165) is 19.5 Å². The van der Waals surface area contributed by atoms with Crippen molar-refractivity contribution in [3.8, 4) is 0 Å². The Morgan fingerprint density at radius 3 is 3.00 bits per heavy atom. The highest BCUT2D eigenvalue weighted by Gasteiger charge is 2.20. The largest absolute Gasteiger partial charge is 0.338 e. The standard InChI is InChI=1S/C8H15N5O/c9-3-8-11-7(12-14-8)5-13-2-1-6(10)4-13/h6H,1-5,9-10H2. The van der Waals surface area contributed by atoms with Crippen LogP contribution in [0.4, 0.5) is 0 Å². The van der Waals surface area contributed by atoms with Crippen molar-refractivity contribution in [3.63, 3.8) is 0 Å². The fourth-order valence-corrected chi connectivity index (χ4v) is 1.64. The highest BCUT2D eigenvalue weighted by molar-refractivity contribution is 4.88. The molecule has 1 aliphatic heterocycles. The van der Waals surface area contributed by atoms with Crippen LogP contribution in [-0.4, -0.2) is 34.2 Å². The quantitative estimate of drug-likeness (QED) is 0.649. The molecule has 0 bridgehead atoms. The molecule has 1 aliphatic rings. The molecule has 2 rings (SSSR count). The molecule has 1 fully saturated rings. The molecular weight excluding hydrogens is 182 g/mol. The number of rotatable bonds is 3. The van der Waals surface area contributed by atoms with Gasteiger partial charge in [0.1, 0.15) is 0 Å². The van der Waals surface area contributed by atoms with Crippen molar-refractivity contribution in [2.45, 2.75) is 25.6 Å². The number of likely N-dealkylation sites (tertiary alicyclic amines) is 1. The summed E-state index contributed by atoms with van der Waals surface area (Å²) in [4.78, 5) is 6.35. The maximum Gasteiger partial charge on any atom is 0.240 e. The van der Waals surface area contributed by atoms with Crippen molar-refractivity contribution in [1.82, 2.24) is 15.0 Å². The van der Waals surface area contributed by atoms with Gasteiger partial charge in [0.05, 0.1) is 13.1 Å². The van der Waals surface area contributed by atoms with Crippen LogP contribution >= 0.6 is 0 Å². The average molecular weight is 197 g/mol. The normalized spacial score (nSPS) is 23.1. The highest BCUT2D eigenvalue weighted by Crippen LogP contribution is 2.10. The van der Waals surface area contributed by atoms with E-state index < -0.39 is 0 Å². The monoisotopic (exact) mass is 197 g/mol. The Labute approximate surface area is 82.2 Å². The molecule has 2 heterocycles. The molecule has 1 aromatic rings. The number of hydrogen-bond donors (Lipinski definition) is 2. The second kappa shape index (κ2) is 4.04. The molecular formula is C8H15N5O. The van der Waals surface area contributed by atoms with Crippen molar-refractivity contribution in [1.29, 1.82) is 0 Å². The van der Waals surface area contributed by atoms with Gasteiger partial charge in [-0.3, -0.25) is 4.90 Å². The van der Waals surface area contributed by atoms with Crippen molar-refractivity contribution in [3.05, 3.63) is 11.7 Å². The average Bonchev–Trinajstić information content (AvgIpc) is 2.76. The summed E-state index contributed by atoms with van der Waals surface area (Å²) < 4.78 is 4.91. The van der Waals surface area contributed by atoms with Gasteiger partial charge in [0.15, 0.2) is 5.82 Å². The van der Waals surface area contributed by atoms with Crippen molar-refractivity contribution in [2.24, 2.45) is 11.5 Å². The molecule has 1 saturated heterocycles. The molecule has 0 saturated carbocycles. The summed E-state index contributed by atoms with van der Waals surface area (Å²) in [5.74, 6) is 1.18. The Kier molecular flexibility index (Phi) is 2.76. The van der Waals surface area contributed by atoms with E-state index in [9.17, 15) is 0 Å². The number of nitrogens with two attached hydrogens (primary N) is 2.